The highest BCUT2D eigenvalue weighted by Gasteiger charge is 2.21. The Kier molecular flexibility index (Phi) is 4.83. The lowest BCUT2D eigenvalue weighted by atomic mass is 9.80. The Labute approximate surface area is 98.8 Å². The smallest absolute Gasteiger partial charge is 0.0172 e. The van der Waals surface area contributed by atoms with Crippen molar-refractivity contribution in [3.05, 3.63) is 0 Å². The van der Waals surface area contributed by atoms with Crippen LogP contribution in [-0.2, 0) is 0 Å². The van der Waals surface area contributed by atoms with Crippen LogP contribution in [0.25, 0.3) is 0 Å². The Hall–Kier alpha value is 0.310. The molecule has 15 heavy (non-hydrogen) atoms. The zero-order valence-corrected chi connectivity index (χ0v) is 10.8. The second kappa shape index (κ2) is 6.15. The number of hydrogen-bond acceptors (Lipinski definition) is 2. The number of thioether (sulfide) groups is 1. The van der Waals surface area contributed by atoms with E-state index in [2.05, 4.69) is 24.0 Å². The van der Waals surface area contributed by atoms with E-state index in [0.29, 0.717) is 0 Å². The second-order valence-electron chi connectivity index (χ2n) is 5.32. The van der Waals surface area contributed by atoms with Crippen molar-refractivity contribution in [2.45, 2.75) is 50.7 Å². The monoisotopic (exact) mass is 227 g/mol. The molecular formula is C13H25NS. The maximum absolute atomic E-state index is 3.71. The molecule has 0 aromatic rings. The lowest BCUT2D eigenvalue weighted by Crippen LogP contribution is -2.32. The summed E-state index contributed by atoms with van der Waals surface area (Å²) < 4.78 is 0. The van der Waals surface area contributed by atoms with E-state index in [1.54, 1.807) is 0 Å². The fraction of sp³-hybridized carbons (Fsp3) is 1.00. The molecule has 3 unspecified atom stereocenters. The van der Waals surface area contributed by atoms with Crippen LogP contribution in [0.3, 0.4) is 0 Å². The standard InChI is InChI=1S/C13H25NS/c1-11-5-2-3-6-12(11)9-14-10-13-7-4-8-15-13/h11-14H,2-10H2,1H3. The van der Waals surface area contributed by atoms with Gasteiger partial charge in [0.05, 0.1) is 0 Å². The molecule has 0 amide bonds. The quantitative estimate of drug-likeness (QED) is 0.791. The zero-order valence-electron chi connectivity index (χ0n) is 10.0. The van der Waals surface area contributed by atoms with Crippen LogP contribution in [0.1, 0.15) is 45.4 Å². The SMILES string of the molecule is CC1CCCCC1CNCC1CCCS1. The van der Waals surface area contributed by atoms with Gasteiger partial charge >= 0.3 is 0 Å². The van der Waals surface area contributed by atoms with Crippen molar-refractivity contribution in [3.8, 4) is 0 Å². The van der Waals surface area contributed by atoms with Crippen LogP contribution < -0.4 is 5.32 Å². The van der Waals surface area contributed by atoms with Gasteiger partial charge in [-0.25, -0.2) is 0 Å². The topological polar surface area (TPSA) is 12.0 Å². The van der Waals surface area contributed by atoms with E-state index in [9.17, 15) is 0 Å². The molecule has 3 atom stereocenters. The minimum Gasteiger partial charge on any atom is -0.315 e. The highest BCUT2D eigenvalue weighted by molar-refractivity contribution is 8.00. The van der Waals surface area contributed by atoms with Crippen LogP contribution in [0.4, 0.5) is 0 Å². The molecule has 1 saturated carbocycles. The zero-order chi connectivity index (χ0) is 10.5. The van der Waals surface area contributed by atoms with E-state index in [-0.39, 0.29) is 0 Å². The van der Waals surface area contributed by atoms with E-state index in [4.69, 9.17) is 0 Å². The van der Waals surface area contributed by atoms with Gasteiger partial charge in [-0.2, -0.15) is 11.8 Å². The Morgan fingerprint density at radius 3 is 2.67 bits per heavy atom. The van der Waals surface area contributed by atoms with E-state index < -0.39 is 0 Å². The maximum Gasteiger partial charge on any atom is 0.0172 e. The predicted molar refractivity (Wildman–Crippen MR) is 69.5 cm³/mol. The lowest BCUT2D eigenvalue weighted by molar-refractivity contribution is 0.248. The number of rotatable bonds is 4. The van der Waals surface area contributed by atoms with Gasteiger partial charge in [0.1, 0.15) is 0 Å². The second-order valence-corrected chi connectivity index (χ2v) is 6.72. The van der Waals surface area contributed by atoms with Crippen molar-refractivity contribution >= 4 is 11.8 Å². The molecule has 1 heterocycles. The molecular weight excluding hydrogens is 202 g/mol. The average molecular weight is 227 g/mol. The Bertz CT molecular complexity index is 177. The fourth-order valence-electron chi connectivity index (χ4n) is 2.93. The third-order valence-electron chi connectivity index (χ3n) is 4.09. The summed E-state index contributed by atoms with van der Waals surface area (Å²) in [4.78, 5) is 0. The van der Waals surface area contributed by atoms with Gasteiger partial charge in [-0.05, 0) is 43.4 Å². The molecule has 0 spiro atoms. The van der Waals surface area contributed by atoms with Gasteiger partial charge in [0.15, 0.2) is 0 Å². The third kappa shape index (κ3) is 3.67. The van der Waals surface area contributed by atoms with Crippen LogP contribution in [0.15, 0.2) is 0 Å². The fourth-order valence-corrected chi connectivity index (χ4v) is 4.17. The first kappa shape index (κ1) is 11.8. The van der Waals surface area contributed by atoms with Crippen molar-refractivity contribution in [2.24, 2.45) is 11.8 Å². The van der Waals surface area contributed by atoms with Gasteiger partial charge in [-0.1, -0.05) is 26.2 Å². The van der Waals surface area contributed by atoms with Gasteiger partial charge in [0.25, 0.3) is 0 Å². The summed E-state index contributed by atoms with van der Waals surface area (Å²) in [7, 11) is 0. The van der Waals surface area contributed by atoms with Crippen molar-refractivity contribution in [1.82, 2.24) is 5.32 Å². The van der Waals surface area contributed by atoms with Gasteiger partial charge < -0.3 is 5.32 Å². The molecule has 0 bridgehead atoms. The van der Waals surface area contributed by atoms with Crippen molar-refractivity contribution in [3.63, 3.8) is 0 Å². The summed E-state index contributed by atoms with van der Waals surface area (Å²) in [6.45, 7) is 4.97. The summed E-state index contributed by atoms with van der Waals surface area (Å²) >= 11 is 2.17. The van der Waals surface area contributed by atoms with E-state index in [0.717, 1.165) is 17.1 Å². The summed E-state index contributed by atoms with van der Waals surface area (Å²) in [6, 6.07) is 0. The maximum atomic E-state index is 3.71. The summed E-state index contributed by atoms with van der Waals surface area (Å²) in [5.41, 5.74) is 0. The molecule has 2 aliphatic rings. The molecule has 2 heteroatoms. The first-order valence-electron chi connectivity index (χ1n) is 6.68. The van der Waals surface area contributed by atoms with Gasteiger partial charge in [0.2, 0.25) is 0 Å². The van der Waals surface area contributed by atoms with Crippen LogP contribution >= 0.6 is 11.8 Å². The molecule has 2 rings (SSSR count). The van der Waals surface area contributed by atoms with Crippen LogP contribution in [0.2, 0.25) is 0 Å². The predicted octanol–water partition coefficient (Wildman–Crippen LogP) is 3.30. The highest BCUT2D eigenvalue weighted by atomic mass is 32.2. The van der Waals surface area contributed by atoms with Crippen molar-refractivity contribution in [1.29, 1.82) is 0 Å². The molecule has 0 aromatic heterocycles. The molecule has 1 saturated heterocycles. The minimum absolute atomic E-state index is 0.920. The van der Waals surface area contributed by atoms with Gasteiger partial charge in [-0.15, -0.1) is 0 Å². The number of hydrogen-bond donors (Lipinski definition) is 1. The van der Waals surface area contributed by atoms with E-state index in [1.165, 1.54) is 57.4 Å². The third-order valence-corrected chi connectivity index (χ3v) is 5.49. The summed E-state index contributed by atoms with van der Waals surface area (Å²) in [5, 5.41) is 4.63. The van der Waals surface area contributed by atoms with Crippen LogP contribution in [0.5, 0.6) is 0 Å². The van der Waals surface area contributed by atoms with Crippen LogP contribution in [0, 0.1) is 11.8 Å². The average Bonchev–Trinajstić information content (AvgIpc) is 2.74. The van der Waals surface area contributed by atoms with E-state index in [1.807, 2.05) is 0 Å². The molecule has 1 nitrogen and oxygen atoms in total. The molecule has 1 N–H and O–H groups in total. The van der Waals surface area contributed by atoms with Crippen LogP contribution in [-0.4, -0.2) is 24.1 Å². The Morgan fingerprint density at radius 2 is 1.93 bits per heavy atom. The first-order valence-corrected chi connectivity index (χ1v) is 7.73. The normalized spacial score (nSPS) is 37.0. The first-order chi connectivity index (χ1) is 7.36. The number of nitrogens with one attached hydrogen (secondary N) is 1. The molecule has 0 radical (unpaired) electrons. The largest absolute Gasteiger partial charge is 0.315 e. The van der Waals surface area contributed by atoms with Gasteiger partial charge in [-0.3, -0.25) is 0 Å². The highest BCUT2D eigenvalue weighted by Crippen LogP contribution is 2.29. The molecule has 88 valence electrons. The molecule has 1 aliphatic heterocycles. The van der Waals surface area contributed by atoms with Crippen molar-refractivity contribution in [2.75, 3.05) is 18.8 Å². The van der Waals surface area contributed by atoms with Gasteiger partial charge in [0, 0.05) is 11.8 Å². The Morgan fingerprint density at radius 1 is 1.07 bits per heavy atom. The molecule has 2 fully saturated rings. The molecule has 1 aliphatic carbocycles. The van der Waals surface area contributed by atoms with Crippen molar-refractivity contribution < 1.29 is 0 Å². The summed E-state index contributed by atoms with van der Waals surface area (Å²) in [6.07, 6.45) is 8.75. The summed E-state index contributed by atoms with van der Waals surface area (Å²) in [5.74, 6) is 3.32. The minimum atomic E-state index is 0.920. The lowest BCUT2D eigenvalue weighted by Gasteiger charge is -2.29. The molecule has 0 aromatic carbocycles. The van der Waals surface area contributed by atoms with E-state index >= 15 is 0 Å². The Balaban J connectivity index is 1.59.